The van der Waals surface area contributed by atoms with Crippen LogP contribution in [0.25, 0.3) is 0 Å². The maximum Gasteiger partial charge on any atom is 0.123 e. The summed E-state index contributed by atoms with van der Waals surface area (Å²) in [5.41, 5.74) is 7.97. The van der Waals surface area contributed by atoms with Gasteiger partial charge < -0.3 is 15.2 Å². The number of methoxy groups -OCH3 is 1. The third-order valence-corrected chi connectivity index (χ3v) is 3.56. The van der Waals surface area contributed by atoms with Gasteiger partial charge in [-0.1, -0.05) is 12.1 Å². The van der Waals surface area contributed by atoms with Crippen molar-refractivity contribution in [2.45, 2.75) is 32.0 Å². The molecule has 19 heavy (non-hydrogen) atoms. The van der Waals surface area contributed by atoms with E-state index in [0.29, 0.717) is 12.6 Å². The van der Waals surface area contributed by atoms with Crippen LogP contribution in [0.15, 0.2) is 18.2 Å². The average molecular weight is 264 g/mol. The van der Waals surface area contributed by atoms with E-state index in [1.807, 2.05) is 6.07 Å². The van der Waals surface area contributed by atoms with Gasteiger partial charge in [0.1, 0.15) is 5.75 Å². The van der Waals surface area contributed by atoms with E-state index in [1.54, 1.807) is 7.11 Å². The maximum absolute atomic E-state index is 5.68. The summed E-state index contributed by atoms with van der Waals surface area (Å²) in [6, 6.07) is 6.25. The van der Waals surface area contributed by atoms with E-state index < -0.39 is 0 Å². The molecule has 1 fully saturated rings. The molecule has 0 amide bonds. The molecule has 2 rings (SSSR count). The van der Waals surface area contributed by atoms with Crippen molar-refractivity contribution < 1.29 is 9.47 Å². The molecule has 2 N–H and O–H groups in total. The van der Waals surface area contributed by atoms with Crippen molar-refractivity contribution in [3.05, 3.63) is 29.3 Å². The second-order valence-corrected chi connectivity index (χ2v) is 5.18. The van der Waals surface area contributed by atoms with E-state index in [0.717, 1.165) is 31.0 Å². The van der Waals surface area contributed by atoms with Gasteiger partial charge in [0.15, 0.2) is 0 Å². The molecule has 0 aromatic heterocycles. The number of ether oxygens (including phenoxy) is 2. The van der Waals surface area contributed by atoms with Crippen molar-refractivity contribution in [3.8, 4) is 5.75 Å². The number of rotatable bonds is 6. The number of hydrogen-bond acceptors (Lipinski definition) is 4. The highest BCUT2D eigenvalue weighted by Crippen LogP contribution is 2.21. The first-order chi connectivity index (χ1) is 9.22. The molecule has 1 atom stereocenters. The summed E-state index contributed by atoms with van der Waals surface area (Å²) in [7, 11) is 3.82. The fourth-order valence-corrected chi connectivity index (χ4v) is 2.57. The summed E-state index contributed by atoms with van der Waals surface area (Å²) in [5, 5.41) is 0. The van der Waals surface area contributed by atoms with Crippen LogP contribution in [0.3, 0.4) is 0 Å². The minimum atomic E-state index is 0.398. The Bertz CT molecular complexity index is 403. The van der Waals surface area contributed by atoms with E-state index in [9.17, 15) is 0 Å². The molecule has 1 unspecified atom stereocenters. The Balaban J connectivity index is 1.94. The molecular weight excluding hydrogens is 240 g/mol. The molecule has 1 heterocycles. The second-order valence-electron chi connectivity index (χ2n) is 5.18. The van der Waals surface area contributed by atoms with Gasteiger partial charge in [0, 0.05) is 31.8 Å². The number of nitrogens with zero attached hydrogens (tertiary/aromatic N) is 1. The summed E-state index contributed by atoms with van der Waals surface area (Å²) in [4.78, 5) is 2.30. The molecule has 1 aliphatic rings. The SMILES string of the molecule is COc1cc(CN(C)CC2CCCO2)ccc1CN. The summed E-state index contributed by atoms with van der Waals surface area (Å²) in [6.07, 6.45) is 2.77. The predicted octanol–water partition coefficient (Wildman–Crippen LogP) is 1.76. The van der Waals surface area contributed by atoms with Crippen LogP contribution < -0.4 is 10.5 Å². The van der Waals surface area contributed by atoms with Gasteiger partial charge in [0.25, 0.3) is 0 Å². The molecule has 0 spiro atoms. The van der Waals surface area contributed by atoms with E-state index in [-0.39, 0.29) is 0 Å². The van der Waals surface area contributed by atoms with Crippen LogP contribution in [0.4, 0.5) is 0 Å². The zero-order chi connectivity index (χ0) is 13.7. The first-order valence-corrected chi connectivity index (χ1v) is 6.89. The summed E-state index contributed by atoms with van der Waals surface area (Å²) in [6.45, 7) is 3.31. The van der Waals surface area contributed by atoms with Gasteiger partial charge in [-0.25, -0.2) is 0 Å². The molecular formula is C15H24N2O2. The Morgan fingerprint density at radius 3 is 2.95 bits per heavy atom. The predicted molar refractivity (Wildman–Crippen MR) is 76.2 cm³/mol. The van der Waals surface area contributed by atoms with E-state index in [2.05, 4.69) is 24.1 Å². The monoisotopic (exact) mass is 264 g/mol. The molecule has 1 aromatic rings. The van der Waals surface area contributed by atoms with Gasteiger partial charge in [-0.15, -0.1) is 0 Å². The van der Waals surface area contributed by atoms with Crippen molar-refractivity contribution in [2.75, 3.05) is 27.3 Å². The van der Waals surface area contributed by atoms with Crippen molar-refractivity contribution in [1.82, 2.24) is 4.90 Å². The number of benzene rings is 1. The van der Waals surface area contributed by atoms with Gasteiger partial charge in [0.05, 0.1) is 13.2 Å². The Hall–Kier alpha value is -1.10. The van der Waals surface area contributed by atoms with Crippen LogP contribution in [-0.2, 0) is 17.8 Å². The molecule has 1 aromatic carbocycles. The fourth-order valence-electron chi connectivity index (χ4n) is 2.57. The molecule has 1 saturated heterocycles. The number of likely N-dealkylation sites (N-methyl/N-ethyl adjacent to an activating group) is 1. The summed E-state index contributed by atoms with van der Waals surface area (Å²) < 4.78 is 11.0. The lowest BCUT2D eigenvalue weighted by molar-refractivity contribution is 0.0793. The molecule has 0 saturated carbocycles. The molecule has 0 bridgehead atoms. The first-order valence-electron chi connectivity index (χ1n) is 6.89. The molecule has 0 radical (unpaired) electrons. The molecule has 1 aliphatic heterocycles. The van der Waals surface area contributed by atoms with Gasteiger partial charge in [-0.2, -0.15) is 0 Å². The highest BCUT2D eigenvalue weighted by molar-refractivity contribution is 5.37. The lowest BCUT2D eigenvalue weighted by atomic mass is 10.1. The quantitative estimate of drug-likeness (QED) is 0.850. The van der Waals surface area contributed by atoms with Crippen LogP contribution in [-0.4, -0.2) is 38.3 Å². The molecule has 4 nitrogen and oxygen atoms in total. The lowest BCUT2D eigenvalue weighted by Crippen LogP contribution is -2.28. The Labute approximate surface area is 115 Å². The largest absolute Gasteiger partial charge is 0.496 e. The van der Waals surface area contributed by atoms with Crippen LogP contribution >= 0.6 is 0 Å². The fraction of sp³-hybridized carbons (Fsp3) is 0.600. The van der Waals surface area contributed by atoms with Gasteiger partial charge in [-0.3, -0.25) is 4.90 Å². The zero-order valence-corrected chi connectivity index (χ0v) is 11.9. The highest BCUT2D eigenvalue weighted by atomic mass is 16.5. The van der Waals surface area contributed by atoms with Gasteiger partial charge in [0.2, 0.25) is 0 Å². The van der Waals surface area contributed by atoms with Crippen LogP contribution in [0.1, 0.15) is 24.0 Å². The summed E-state index contributed by atoms with van der Waals surface area (Å²) in [5.74, 6) is 0.880. The third kappa shape index (κ3) is 3.93. The van der Waals surface area contributed by atoms with Crippen molar-refractivity contribution >= 4 is 0 Å². The minimum Gasteiger partial charge on any atom is -0.496 e. The normalized spacial score (nSPS) is 19.1. The van der Waals surface area contributed by atoms with E-state index in [1.165, 1.54) is 18.4 Å². The summed E-state index contributed by atoms with van der Waals surface area (Å²) >= 11 is 0. The van der Waals surface area contributed by atoms with Crippen molar-refractivity contribution in [1.29, 1.82) is 0 Å². The zero-order valence-electron chi connectivity index (χ0n) is 11.9. The average Bonchev–Trinajstić information content (AvgIpc) is 2.91. The van der Waals surface area contributed by atoms with Crippen molar-refractivity contribution in [2.24, 2.45) is 5.73 Å². The third-order valence-electron chi connectivity index (χ3n) is 3.56. The van der Waals surface area contributed by atoms with Crippen LogP contribution in [0.5, 0.6) is 5.75 Å². The standard InChI is InChI=1S/C15H24N2O2/c1-17(11-14-4-3-7-19-14)10-12-5-6-13(9-16)15(8-12)18-2/h5-6,8,14H,3-4,7,9-11,16H2,1-2H3. The smallest absolute Gasteiger partial charge is 0.123 e. The Morgan fingerprint density at radius 2 is 2.32 bits per heavy atom. The molecule has 0 aliphatic carbocycles. The first kappa shape index (κ1) is 14.3. The van der Waals surface area contributed by atoms with Crippen LogP contribution in [0.2, 0.25) is 0 Å². The number of nitrogens with two attached hydrogens (primary N) is 1. The van der Waals surface area contributed by atoms with Crippen molar-refractivity contribution in [3.63, 3.8) is 0 Å². The van der Waals surface area contributed by atoms with Gasteiger partial charge in [-0.05, 0) is 31.5 Å². The minimum absolute atomic E-state index is 0.398. The maximum atomic E-state index is 5.68. The molecule has 106 valence electrons. The topological polar surface area (TPSA) is 47.7 Å². The second kappa shape index (κ2) is 6.89. The van der Waals surface area contributed by atoms with E-state index in [4.69, 9.17) is 15.2 Å². The van der Waals surface area contributed by atoms with Crippen LogP contribution in [0, 0.1) is 0 Å². The highest BCUT2D eigenvalue weighted by Gasteiger charge is 2.17. The Morgan fingerprint density at radius 1 is 1.47 bits per heavy atom. The molecule has 4 heteroatoms. The number of hydrogen-bond donors (Lipinski definition) is 1. The van der Waals surface area contributed by atoms with Gasteiger partial charge >= 0.3 is 0 Å². The lowest BCUT2D eigenvalue weighted by Gasteiger charge is -2.21. The Kier molecular flexibility index (Phi) is 5.19. The van der Waals surface area contributed by atoms with E-state index >= 15 is 0 Å².